The van der Waals surface area contributed by atoms with Crippen molar-refractivity contribution in [1.29, 1.82) is 0 Å². The van der Waals surface area contributed by atoms with E-state index in [0.29, 0.717) is 6.04 Å². The van der Waals surface area contributed by atoms with Crippen molar-refractivity contribution in [2.75, 3.05) is 11.5 Å². The van der Waals surface area contributed by atoms with Gasteiger partial charge in [-0.15, -0.1) is 0 Å². The molecule has 0 radical (unpaired) electrons. The van der Waals surface area contributed by atoms with E-state index in [1.165, 1.54) is 5.75 Å². The SMILES string of the molecule is CCCn1ccnc1CC(CSCC(C)C)NN. The van der Waals surface area contributed by atoms with Gasteiger partial charge in [0.15, 0.2) is 0 Å². The molecule has 4 nitrogen and oxygen atoms in total. The second kappa shape index (κ2) is 8.56. The number of nitrogens with zero attached hydrogens (tertiary/aromatic N) is 2. The average molecular weight is 270 g/mol. The molecule has 3 N–H and O–H groups in total. The van der Waals surface area contributed by atoms with Crippen molar-refractivity contribution in [3.63, 3.8) is 0 Å². The zero-order valence-electron chi connectivity index (χ0n) is 11.7. The van der Waals surface area contributed by atoms with Crippen LogP contribution < -0.4 is 11.3 Å². The fourth-order valence-electron chi connectivity index (χ4n) is 1.81. The van der Waals surface area contributed by atoms with Crippen LogP contribution in [0.15, 0.2) is 12.4 Å². The molecule has 0 aliphatic carbocycles. The highest BCUT2D eigenvalue weighted by molar-refractivity contribution is 7.99. The summed E-state index contributed by atoms with van der Waals surface area (Å²) in [5, 5.41) is 0. The molecule has 1 unspecified atom stereocenters. The summed E-state index contributed by atoms with van der Waals surface area (Å²) in [4.78, 5) is 4.42. The molecule has 1 heterocycles. The zero-order chi connectivity index (χ0) is 13.4. The number of hydrogen-bond donors (Lipinski definition) is 2. The Morgan fingerprint density at radius 3 is 2.83 bits per heavy atom. The summed E-state index contributed by atoms with van der Waals surface area (Å²) in [5.41, 5.74) is 2.91. The lowest BCUT2D eigenvalue weighted by Crippen LogP contribution is -2.39. The molecule has 0 saturated heterocycles. The number of nitrogens with one attached hydrogen (secondary N) is 1. The molecule has 1 rings (SSSR count). The lowest BCUT2D eigenvalue weighted by Gasteiger charge is -2.16. The van der Waals surface area contributed by atoms with Gasteiger partial charge < -0.3 is 4.57 Å². The third-order valence-electron chi connectivity index (χ3n) is 2.70. The summed E-state index contributed by atoms with van der Waals surface area (Å²) < 4.78 is 2.22. The number of aromatic nitrogens is 2. The molecule has 0 aliphatic heterocycles. The summed E-state index contributed by atoms with van der Waals surface area (Å²) in [6, 6.07) is 0.298. The summed E-state index contributed by atoms with van der Waals surface area (Å²) in [7, 11) is 0. The van der Waals surface area contributed by atoms with Crippen LogP contribution in [0.5, 0.6) is 0 Å². The van der Waals surface area contributed by atoms with Crippen LogP contribution >= 0.6 is 11.8 Å². The highest BCUT2D eigenvalue weighted by Gasteiger charge is 2.12. The second-order valence-corrected chi connectivity index (χ2v) is 6.11. The highest BCUT2D eigenvalue weighted by Crippen LogP contribution is 2.11. The van der Waals surface area contributed by atoms with Crippen molar-refractivity contribution < 1.29 is 0 Å². The molecule has 0 saturated carbocycles. The van der Waals surface area contributed by atoms with Crippen LogP contribution in [0.4, 0.5) is 0 Å². The van der Waals surface area contributed by atoms with Gasteiger partial charge in [-0.3, -0.25) is 11.3 Å². The molecule has 5 heteroatoms. The van der Waals surface area contributed by atoms with Gasteiger partial charge in [-0.05, 0) is 18.1 Å². The van der Waals surface area contributed by atoms with Crippen LogP contribution in [0.25, 0.3) is 0 Å². The van der Waals surface area contributed by atoms with E-state index in [9.17, 15) is 0 Å². The first-order chi connectivity index (χ1) is 8.67. The maximum atomic E-state index is 5.63. The third kappa shape index (κ3) is 5.42. The van der Waals surface area contributed by atoms with Crippen molar-refractivity contribution in [2.45, 2.75) is 46.2 Å². The number of imidazole rings is 1. The average Bonchev–Trinajstić information content (AvgIpc) is 2.75. The third-order valence-corrected chi connectivity index (χ3v) is 4.24. The maximum absolute atomic E-state index is 5.63. The topological polar surface area (TPSA) is 55.9 Å². The molecule has 1 aromatic heterocycles. The van der Waals surface area contributed by atoms with E-state index in [1.54, 1.807) is 0 Å². The molecule has 1 atom stereocenters. The molecule has 0 spiro atoms. The van der Waals surface area contributed by atoms with E-state index in [4.69, 9.17) is 5.84 Å². The highest BCUT2D eigenvalue weighted by atomic mass is 32.2. The molecule has 0 aliphatic rings. The van der Waals surface area contributed by atoms with E-state index in [-0.39, 0.29) is 0 Å². The zero-order valence-corrected chi connectivity index (χ0v) is 12.5. The van der Waals surface area contributed by atoms with E-state index < -0.39 is 0 Å². The number of hydrazine groups is 1. The summed E-state index contributed by atoms with van der Waals surface area (Å²) in [6.45, 7) is 7.70. The number of hydrogen-bond acceptors (Lipinski definition) is 4. The van der Waals surface area contributed by atoms with Crippen LogP contribution in [0.1, 0.15) is 33.0 Å². The lowest BCUT2D eigenvalue weighted by molar-refractivity contribution is 0.535. The second-order valence-electron chi connectivity index (χ2n) is 5.04. The molecule has 0 aromatic carbocycles. The Labute approximate surface area is 115 Å². The van der Waals surface area contributed by atoms with Crippen molar-refractivity contribution in [1.82, 2.24) is 15.0 Å². The number of nitrogens with two attached hydrogens (primary N) is 1. The van der Waals surface area contributed by atoms with Crippen molar-refractivity contribution >= 4 is 11.8 Å². The quantitative estimate of drug-likeness (QED) is 0.533. The van der Waals surface area contributed by atoms with E-state index in [0.717, 1.165) is 36.9 Å². The maximum Gasteiger partial charge on any atom is 0.110 e. The predicted octanol–water partition coefficient (Wildman–Crippen LogP) is 2.06. The minimum Gasteiger partial charge on any atom is -0.335 e. The summed E-state index contributed by atoms with van der Waals surface area (Å²) in [6.07, 6.45) is 5.95. The first kappa shape index (κ1) is 15.5. The smallest absolute Gasteiger partial charge is 0.110 e. The molecule has 1 aromatic rings. The fraction of sp³-hybridized carbons (Fsp3) is 0.769. The Bertz CT molecular complexity index is 325. The normalized spacial score (nSPS) is 13.2. The first-order valence-corrected chi connectivity index (χ1v) is 7.86. The summed E-state index contributed by atoms with van der Waals surface area (Å²) >= 11 is 1.96. The van der Waals surface area contributed by atoms with Gasteiger partial charge in [0.2, 0.25) is 0 Å². The number of rotatable bonds is 9. The van der Waals surface area contributed by atoms with Crippen LogP contribution in [0, 0.1) is 5.92 Å². The Balaban J connectivity index is 2.43. The molecule has 0 bridgehead atoms. The molecule has 104 valence electrons. The van der Waals surface area contributed by atoms with Crippen LogP contribution in [0.2, 0.25) is 0 Å². The van der Waals surface area contributed by atoms with Crippen molar-refractivity contribution in [2.24, 2.45) is 11.8 Å². The van der Waals surface area contributed by atoms with Crippen LogP contribution in [0.3, 0.4) is 0 Å². The Kier molecular flexibility index (Phi) is 7.39. The predicted molar refractivity (Wildman–Crippen MR) is 79.5 cm³/mol. The molecule has 0 fully saturated rings. The Morgan fingerprint density at radius 2 is 2.22 bits per heavy atom. The van der Waals surface area contributed by atoms with Gasteiger partial charge >= 0.3 is 0 Å². The molecular weight excluding hydrogens is 244 g/mol. The summed E-state index contributed by atoms with van der Waals surface area (Å²) in [5.74, 6) is 9.71. The van der Waals surface area contributed by atoms with E-state index in [1.807, 2.05) is 24.2 Å². The Morgan fingerprint density at radius 1 is 1.44 bits per heavy atom. The minimum absolute atomic E-state index is 0.298. The minimum atomic E-state index is 0.298. The van der Waals surface area contributed by atoms with Gasteiger partial charge in [0.05, 0.1) is 0 Å². The fourth-order valence-corrected chi connectivity index (χ4v) is 2.91. The number of aryl methyl sites for hydroxylation is 1. The standard InChI is InChI=1S/C13H26N4S/c1-4-6-17-7-5-15-13(17)8-12(16-14)10-18-9-11(2)3/h5,7,11-12,16H,4,6,8-10,14H2,1-3H3. The van der Waals surface area contributed by atoms with E-state index >= 15 is 0 Å². The lowest BCUT2D eigenvalue weighted by atomic mass is 10.2. The van der Waals surface area contributed by atoms with Crippen molar-refractivity contribution in [3.8, 4) is 0 Å². The van der Waals surface area contributed by atoms with Gasteiger partial charge in [0.25, 0.3) is 0 Å². The largest absolute Gasteiger partial charge is 0.335 e. The van der Waals surface area contributed by atoms with Gasteiger partial charge in [0, 0.05) is 37.2 Å². The van der Waals surface area contributed by atoms with Gasteiger partial charge in [-0.2, -0.15) is 11.8 Å². The number of thioether (sulfide) groups is 1. The van der Waals surface area contributed by atoms with Crippen LogP contribution in [-0.4, -0.2) is 27.1 Å². The van der Waals surface area contributed by atoms with Gasteiger partial charge in [-0.25, -0.2) is 4.98 Å². The van der Waals surface area contributed by atoms with Crippen molar-refractivity contribution in [3.05, 3.63) is 18.2 Å². The molecule has 0 amide bonds. The monoisotopic (exact) mass is 270 g/mol. The van der Waals surface area contributed by atoms with Gasteiger partial charge in [0.1, 0.15) is 5.82 Å². The molecule has 18 heavy (non-hydrogen) atoms. The first-order valence-electron chi connectivity index (χ1n) is 6.71. The van der Waals surface area contributed by atoms with E-state index in [2.05, 4.69) is 35.7 Å². The van der Waals surface area contributed by atoms with Crippen LogP contribution in [-0.2, 0) is 13.0 Å². The molecular formula is C13H26N4S. The Hall–Kier alpha value is -0.520. The van der Waals surface area contributed by atoms with Gasteiger partial charge in [-0.1, -0.05) is 20.8 Å².